The third kappa shape index (κ3) is 3.62. The van der Waals surface area contributed by atoms with E-state index < -0.39 is 8.24 Å². The minimum atomic E-state index is -2.01. The van der Waals surface area contributed by atoms with Crippen molar-refractivity contribution in [3.63, 3.8) is 0 Å². The Kier molecular flexibility index (Phi) is 5.80. The molecular weight excluding hydrogens is 456 g/mol. The zero-order valence-electron chi connectivity index (χ0n) is 21.7. The second kappa shape index (κ2) is 9.01. The summed E-state index contributed by atoms with van der Waals surface area (Å²) in [5.41, 5.74) is 8.59. The first kappa shape index (κ1) is 23.2. The van der Waals surface area contributed by atoms with Gasteiger partial charge in [0.05, 0.1) is 29.9 Å². The molecule has 0 aromatic heterocycles. The highest BCUT2D eigenvalue weighted by atomic mass is 28.3. The highest BCUT2D eigenvalue weighted by Gasteiger charge is 2.54. The van der Waals surface area contributed by atoms with Gasteiger partial charge in [-0.15, -0.1) is 0 Å². The Hall–Kier alpha value is -3.24. The van der Waals surface area contributed by atoms with Gasteiger partial charge in [-0.25, -0.2) is 0 Å². The lowest BCUT2D eigenvalue weighted by Crippen LogP contribution is -2.53. The summed E-state index contributed by atoms with van der Waals surface area (Å²) < 4.78 is 8.19. The summed E-state index contributed by atoms with van der Waals surface area (Å²) in [4.78, 5) is 0. The predicted octanol–water partition coefficient (Wildman–Crippen LogP) is 8.78. The Bertz CT molecular complexity index is 1280. The van der Waals surface area contributed by atoms with Crippen LogP contribution in [0.2, 0.25) is 18.6 Å². The van der Waals surface area contributed by atoms with Crippen LogP contribution >= 0.6 is 0 Å². The van der Waals surface area contributed by atoms with Crippen LogP contribution in [0.3, 0.4) is 0 Å². The average molecular weight is 493 g/mol. The topological polar surface area (TPSA) is 24.5 Å². The van der Waals surface area contributed by atoms with E-state index in [9.17, 15) is 0 Å². The largest absolute Gasteiger partial charge is 0.497 e. The number of nitrogens with one attached hydrogen (secondary N) is 1. The van der Waals surface area contributed by atoms with E-state index in [4.69, 9.17) is 4.74 Å². The quantitative estimate of drug-likeness (QED) is 0.360. The first-order valence-corrected chi connectivity index (χ1v) is 16.3. The molecule has 1 saturated carbocycles. The van der Waals surface area contributed by atoms with E-state index in [1.54, 1.807) is 7.11 Å². The average Bonchev–Trinajstić information content (AvgIpc) is 3.31. The number of benzene rings is 3. The zero-order chi connectivity index (χ0) is 24.9. The van der Waals surface area contributed by atoms with Gasteiger partial charge in [0.1, 0.15) is 5.75 Å². The lowest BCUT2D eigenvalue weighted by Gasteiger charge is -2.49. The van der Waals surface area contributed by atoms with Crippen molar-refractivity contribution in [3.05, 3.63) is 96.6 Å². The van der Waals surface area contributed by atoms with Crippen LogP contribution in [0, 0.1) is 17.8 Å². The van der Waals surface area contributed by atoms with E-state index in [2.05, 4.69) is 121 Å². The van der Waals surface area contributed by atoms with Crippen molar-refractivity contribution >= 4 is 36.6 Å². The van der Waals surface area contributed by atoms with E-state index in [-0.39, 0.29) is 0 Å². The minimum Gasteiger partial charge on any atom is -0.497 e. The third-order valence-corrected chi connectivity index (χ3v) is 13.0. The predicted molar refractivity (Wildman–Crippen MR) is 155 cm³/mol. The number of ether oxygens (including phenoxy) is 1. The number of hydrogen-bond acceptors (Lipinski definition) is 3. The molecule has 0 spiro atoms. The standard InChI is InChI=1S/C32H36N2OSi/c1-5-22-21-27-25(23-17-19-24(35-2)20-18-23)11-10-12-26(27)32(22)36(3,4)34-30-15-8-6-13-28(30)33-29-14-7-9-16-31(29)34/h6-20,22,26-27,32-33H,5,21H2,1-4H3/t22-,26+,27-,32?/m1/s1. The Balaban J connectivity index is 1.42. The Morgan fingerprint density at radius 3 is 2.17 bits per heavy atom. The van der Waals surface area contributed by atoms with Gasteiger partial charge in [-0.05, 0) is 77.3 Å². The molecule has 1 fully saturated rings. The van der Waals surface area contributed by atoms with Crippen LogP contribution in [-0.2, 0) is 0 Å². The van der Waals surface area contributed by atoms with Crippen molar-refractivity contribution in [2.75, 3.05) is 17.0 Å². The smallest absolute Gasteiger partial charge is 0.160 e. The first-order chi connectivity index (χ1) is 17.5. The molecule has 3 aromatic rings. The molecule has 0 amide bonds. The Morgan fingerprint density at radius 2 is 1.56 bits per heavy atom. The number of rotatable bonds is 5. The van der Waals surface area contributed by atoms with E-state index in [0.29, 0.717) is 23.3 Å². The number of allylic oxidation sites excluding steroid dienone is 4. The summed E-state index contributed by atoms with van der Waals surface area (Å²) in [5.74, 6) is 2.76. The highest BCUT2D eigenvalue weighted by molar-refractivity contribution is 6.84. The summed E-state index contributed by atoms with van der Waals surface area (Å²) in [6.45, 7) is 7.63. The van der Waals surface area contributed by atoms with Gasteiger partial charge in [0.15, 0.2) is 8.24 Å². The van der Waals surface area contributed by atoms with Gasteiger partial charge in [-0.2, -0.15) is 0 Å². The zero-order valence-corrected chi connectivity index (χ0v) is 22.7. The minimum absolute atomic E-state index is 0.563. The van der Waals surface area contributed by atoms with Gasteiger partial charge in [0.2, 0.25) is 0 Å². The summed E-state index contributed by atoms with van der Waals surface area (Å²) >= 11 is 0. The maximum Gasteiger partial charge on any atom is 0.160 e. The van der Waals surface area contributed by atoms with Crippen molar-refractivity contribution < 1.29 is 4.74 Å². The monoisotopic (exact) mass is 492 g/mol. The number of anilines is 4. The second-order valence-corrected chi connectivity index (χ2v) is 15.4. The van der Waals surface area contributed by atoms with Gasteiger partial charge in [0.25, 0.3) is 0 Å². The van der Waals surface area contributed by atoms with E-state index in [1.807, 2.05) is 0 Å². The number of para-hydroxylation sites is 4. The van der Waals surface area contributed by atoms with Crippen LogP contribution in [0.5, 0.6) is 5.75 Å². The van der Waals surface area contributed by atoms with Crippen LogP contribution in [0.1, 0.15) is 25.3 Å². The van der Waals surface area contributed by atoms with E-state index in [0.717, 1.165) is 5.75 Å². The van der Waals surface area contributed by atoms with Gasteiger partial charge in [-0.3, -0.25) is 0 Å². The fraction of sp³-hybridized carbons (Fsp3) is 0.312. The molecule has 2 aliphatic carbocycles. The maximum absolute atomic E-state index is 5.43. The molecule has 4 heteroatoms. The van der Waals surface area contributed by atoms with Gasteiger partial charge in [0, 0.05) is 0 Å². The van der Waals surface area contributed by atoms with Gasteiger partial charge in [-0.1, -0.05) is 81.1 Å². The molecule has 3 nitrogen and oxygen atoms in total. The van der Waals surface area contributed by atoms with E-state index >= 15 is 0 Å². The summed E-state index contributed by atoms with van der Waals surface area (Å²) in [7, 11) is -0.278. The van der Waals surface area contributed by atoms with Crippen molar-refractivity contribution in [3.8, 4) is 5.75 Å². The summed E-state index contributed by atoms with van der Waals surface area (Å²) in [6.07, 6.45) is 9.72. The van der Waals surface area contributed by atoms with Gasteiger partial charge < -0.3 is 14.6 Å². The molecule has 0 bridgehead atoms. The fourth-order valence-corrected chi connectivity index (χ4v) is 12.1. The molecular formula is C32H36N2OSi. The molecule has 36 heavy (non-hydrogen) atoms. The Labute approximate surface area is 216 Å². The third-order valence-electron chi connectivity index (χ3n) is 8.85. The second-order valence-electron chi connectivity index (χ2n) is 11.0. The van der Waals surface area contributed by atoms with Crippen LogP contribution < -0.4 is 14.6 Å². The molecule has 1 heterocycles. The van der Waals surface area contributed by atoms with Crippen LogP contribution in [0.25, 0.3) is 5.57 Å². The molecule has 1 unspecified atom stereocenters. The molecule has 6 rings (SSSR count). The molecule has 1 aliphatic heterocycles. The number of nitrogens with zero attached hydrogens (tertiary/aromatic N) is 1. The number of fused-ring (bicyclic) bond motifs is 3. The molecule has 3 aromatic carbocycles. The van der Waals surface area contributed by atoms with Crippen molar-refractivity contribution in [1.29, 1.82) is 0 Å². The lowest BCUT2D eigenvalue weighted by atomic mass is 9.81. The van der Waals surface area contributed by atoms with Crippen molar-refractivity contribution in [1.82, 2.24) is 0 Å². The molecule has 4 atom stereocenters. The maximum atomic E-state index is 5.43. The van der Waals surface area contributed by atoms with Gasteiger partial charge >= 0.3 is 0 Å². The lowest BCUT2D eigenvalue weighted by molar-refractivity contribution is 0.414. The van der Waals surface area contributed by atoms with Crippen LogP contribution in [0.15, 0.2) is 91.0 Å². The number of hydrogen-bond donors (Lipinski definition) is 1. The van der Waals surface area contributed by atoms with Crippen molar-refractivity contribution in [2.24, 2.45) is 17.8 Å². The molecule has 0 radical (unpaired) electrons. The fourth-order valence-electron chi connectivity index (χ4n) is 7.35. The Morgan fingerprint density at radius 1 is 0.917 bits per heavy atom. The molecule has 184 valence electrons. The first-order valence-electron chi connectivity index (χ1n) is 13.3. The van der Waals surface area contributed by atoms with E-state index in [1.165, 1.54) is 46.7 Å². The van der Waals surface area contributed by atoms with Crippen LogP contribution in [0.4, 0.5) is 22.7 Å². The SMILES string of the molecule is CC[C@@H]1C[C@@H]2C(c3ccc(OC)cc3)=CC=C[C@@H]2C1[Si](C)(C)N1c2ccccc2Nc2ccccc21. The molecule has 3 aliphatic rings. The summed E-state index contributed by atoms with van der Waals surface area (Å²) in [5, 5.41) is 3.70. The molecule has 0 saturated heterocycles. The molecule has 1 N–H and O–H groups in total. The number of methoxy groups -OCH3 is 1. The highest BCUT2D eigenvalue weighted by Crippen LogP contribution is 2.60. The normalized spacial score (nSPS) is 24.3. The van der Waals surface area contributed by atoms with Crippen LogP contribution in [-0.4, -0.2) is 15.3 Å². The van der Waals surface area contributed by atoms with Crippen molar-refractivity contribution in [2.45, 2.75) is 38.4 Å². The summed E-state index contributed by atoms with van der Waals surface area (Å²) in [6, 6.07) is 26.4.